The zero-order chi connectivity index (χ0) is 55.1. The highest BCUT2D eigenvalue weighted by Crippen LogP contribution is 2.08. The number of piperazine rings is 4. The van der Waals surface area contributed by atoms with Crippen LogP contribution in [0.15, 0.2) is 41.4 Å². The first-order valence-electron chi connectivity index (χ1n) is 26.9. The second kappa shape index (κ2) is 29.8. The highest BCUT2D eigenvalue weighted by Gasteiger charge is 2.29. The number of ether oxygens (including phenoxy) is 1. The normalized spacial score (nSPS) is 21.3. The Balaban J connectivity index is 1.08. The number of likely N-dealkylation sites (N-methyl/N-ethyl adjacent to an activating group) is 1. The van der Waals surface area contributed by atoms with Crippen molar-refractivity contribution in [3.8, 4) is 0 Å². The topological polar surface area (TPSA) is 318 Å². The number of aliphatic hydroxyl groups excluding tert-OH is 7. The van der Waals surface area contributed by atoms with Gasteiger partial charge in [0.1, 0.15) is 0 Å². The molecule has 0 saturated carbocycles. The summed E-state index contributed by atoms with van der Waals surface area (Å²) in [5.41, 5.74) is -5.94. The second-order valence-corrected chi connectivity index (χ2v) is 21.0. The van der Waals surface area contributed by atoms with Gasteiger partial charge in [-0.3, -0.25) is 29.4 Å². The van der Waals surface area contributed by atoms with Crippen LogP contribution in [-0.4, -0.2) is 304 Å². The van der Waals surface area contributed by atoms with Gasteiger partial charge in [-0.25, -0.2) is 56.2 Å². The molecule has 7 atom stereocenters. The van der Waals surface area contributed by atoms with Crippen molar-refractivity contribution in [3.63, 3.8) is 0 Å². The molecule has 2 aromatic heterocycles. The maximum absolute atomic E-state index is 14.1. The van der Waals surface area contributed by atoms with Crippen molar-refractivity contribution < 1.29 is 40.5 Å². The largest absolute Gasteiger partial charge is 0.391 e. The van der Waals surface area contributed by atoms with Crippen LogP contribution in [0.4, 0.5) is 0 Å². The van der Waals surface area contributed by atoms with Crippen LogP contribution < -0.4 is 39.5 Å². The fourth-order valence-electron chi connectivity index (χ4n) is 10.3. The van der Waals surface area contributed by atoms with Crippen LogP contribution in [0.5, 0.6) is 0 Å². The first-order chi connectivity index (χ1) is 36.3. The summed E-state index contributed by atoms with van der Waals surface area (Å²) in [5, 5.41) is 80.1. The summed E-state index contributed by atoms with van der Waals surface area (Å²) < 4.78 is 9.99. The van der Waals surface area contributed by atoms with Gasteiger partial charge in [-0.1, -0.05) is 13.0 Å². The second-order valence-electron chi connectivity index (χ2n) is 21.0. The zero-order valence-corrected chi connectivity index (χ0v) is 44.5. The molecular weight excluding hydrogens is 997 g/mol. The molecule has 76 heavy (non-hydrogen) atoms. The minimum atomic E-state index is -1.28. The number of nitrogens with one attached hydrogen (secondary N) is 1. The molecule has 0 aliphatic carbocycles. The summed E-state index contributed by atoms with van der Waals surface area (Å²) in [6.45, 7) is 13.6. The molecule has 6 rings (SSSR count). The molecule has 0 radical (unpaired) electrons. The third-order valence-electron chi connectivity index (χ3n) is 14.7. The fourth-order valence-corrected chi connectivity index (χ4v) is 10.3. The summed E-state index contributed by atoms with van der Waals surface area (Å²) in [6.07, 6.45) is -5.91. The van der Waals surface area contributed by atoms with Crippen LogP contribution in [0.2, 0.25) is 0 Å². The average molecular weight is 1080 g/mol. The summed E-state index contributed by atoms with van der Waals surface area (Å²) in [7, 11) is 2.00. The fraction of sp³-hybridized carbons (Fsp3) is 0.833. The van der Waals surface area contributed by atoms with Gasteiger partial charge in [0.2, 0.25) is 0 Å². The van der Waals surface area contributed by atoms with E-state index in [1.165, 1.54) is 0 Å². The lowest BCUT2D eigenvalue weighted by Crippen LogP contribution is -2.59. The maximum Gasteiger partial charge on any atom is 0.336 e. The molecule has 4 saturated heterocycles. The summed E-state index contributed by atoms with van der Waals surface area (Å²) >= 11 is 0. The zero-order valence-electron chi connectivity index (χ0n) is 44.5. The van der Waals surface area contributed by atoms with Gasteiger partial charge in [0.05, 0.1) is 95.2 Å². The van der Waals surface area contributed by atoms with Gasteiger partial charge in [-0.2, -0.15) is 0 Å². The number of β-amino-alcohol motifs (C(OH)–C–C–N with tert-alkyl or cyclic N) is 6. The molecule has 0 amide bonds. The summed E-state index contributed by atoms with van der Waals surface area (Å²) in [5.74, 6) is 0. The van der Waals surface area contributed by atoms with E-state index < -0.39 is 110 Å². The minimum Gasteiger partial charge on any atom is -0.391 e. The standard InChI is InChI=1S/C48H86N14O14/c1-4-22-76-35-42(69)28-56-20-18-55(19-21-56)27-41(68)34-62-47(74)60(31-38(65)24-52-12-10-50(3)11-13-52)46(73)61(48(62)75)33-40(67)26-54-16-14-53(15-17-54)25-39(66)32-59-44(71)57(29-36(63)5-2)43(70)58(45(59)72)30-37(64)23-51-8-6-49-7-9-51/h4,36-42,49,63-69H,1,5-35H2,2-3H3. The van der Waals surface area contributed by atoms with Gasteiger partial charge in [-0.05, 0) is 13.5 Å². The smallest absolute Gasteiger partial charge is 0.336 e. The molecule has 2 aromatic rings. The van der Waals surface area contributed by atoms with Gasteiger partial charge in [0.25, 0.3) is 0 Å². The maximum atomic E-state index is 14.1. The quantitative estimate of drug-likeness (QED) is 0.0277. The molecule has 4 aliphatic heterocycles. The van der Waals surface area contributed by atoms with Gasteiger partial charge < -0.3 is 50.7 Å². The van der Waals surface area contributed by atoms with E-state index in [0.717, 1.165) is 53.6 Å². The van der Waals surface area contributed by atoms with Crippen LogP contribution in [0.25, 0.3) is 0 Å². The molecular formula is C48H86N14O14. The van der Waals surface area contributed by atoms with E-state index in [2.05, 4.69) is 21.7 Å². The Kier molecular flexibility index (Phi) is 23.9. The number of nitrogens with zero attached hydrogens (tertiary/aromatic N) is 13. The van der Waals surface area contributed by atoms with Crippen molar-refractivity contribution >= 4 is 0 Å². The first kappa shape index (κ1) is 61.1. The van der Waals surface area contributed by atoms with E-state index in [9.17, 15) is 64.5 Å². The van der Waals surface area contributed by atoms with Crippen LogP contribution in [0.1, 0.15) is 13.3 Å². The Bertz CT molecular complexity index is 2490. The van der Waals surface area contributed by atoms with Gasteiger partial charge >= 0.3 is 34.1 Å². The van der Waals surface area contributed by atoms with Crippen molar-refractivity contribution in [3.05, 3.63) is 75.6 Å². The monoisotopic (exact) mass is 1080 g/mol. The lowest BCUT2D eigenvalue weighted by atomic mass is 10.2. The number of aromatic nitrogens is 6. The van der Waals surface area contributed by atoms with E-state index >= 15 is 0 Å². The van der Waals surface area contributed by atoms with E-state index in [1.54, 1.807) is 13.0 Å². The molecule has 8 N–H and O–H groups in total. The Morgan fingerprint density at radius 2 is 0.658 bits per heavy atom. The Morgan fingerprint density at radius 3 is 0.934 bits per heavy atom. The Hall–Kier alpha value is -4.08. The van der Waals surface area contributed by atoms with Crippen molar-refractivity contribution in [2.75, 3.05) is 164 Å². The van der Waals surface area contributed by atoms with Crippen molar-refractivity contribution in [1.82, 2.24) is 67.0 Å². The van der Waals surface area contributed by atoms with Crippen LogP contribution in [-0.2, 0) is 44.0 Å². The van der Waals surface area contributed by atoms with Crippen LogP contribution in [0.3, 0.4) is 0 Å². The molecule has 4 aliphatic rings. The van der Waals surface area contributed by atoms with Crippen LogP contribution >= 0.6 is 0 Å². The lowest BCUT2D eigenvalue weighted by molar-refractivity contribution is 0.00838. The van der Waals surface area contributed by atoms with Gasteiger partial charge in [-0.15, -0.1) is 6.58 Å². The molecule has 7 unspecified atom stereocenters. The predicted molar refractivity (Wildman–Crippen MR) is 281 cm³/mol. The Morgan fingerprint density at radius 1 is 0.408 bits per heavy atom. The van der Waals surface area contributed by atoms with E-state index in [4.69, 9.17) is 4.74 Å². The SMILES string of the molecule is C=CCOCC(O)CN1CCN(CC(O)Cn2c(=O)n(CC(O)CN3CCN(C)CC3)c(=O)n(CC(O)CN3CCN(CC(O)Cn4c(=O)n(CC(O)CC)c(=O)n(CC(O)CN5CCNCC5)c4=O)CC3)c2=O)CC1. The number of hydrogen-bond acceptors (Lipinski definition) is 22. The van der Waals surface area contributed by atoms with E-state index in [1.807, 2.05) is 31.5 Å². The van der Waals surface area contributed by atoms with Crippen LogP contribution in [0, 0.1) is 0 Å². The van der Waals surface area contributed by atoms with Gasteiger partial charge in [0.15, 0.2) is 0 Å². The highest BCUT2D eigenvalue weighted by atomic mass is 16.5. The molecule has 28 nitrogen and oxygen atoms in total. The molecule has 28 heteroatoms. The molecule has 432 valence electrons. The molecule has 4 fully saturated rings. The molecule has 6 heterocycles. The van der Waals surface area contributed by atoms with Gasteiger partial charge in [0, 0.05) is 144 Å². The molecule has 0 spiro atoms. The Labute approximate surface area is 441 Å². The number of rotatable bonds is 29. The first-order valence-corrected chi connectivity index (χ1v) is 26.9. The van der Waals surface area contributed by atoms with Crippen molar-refractivity contribution in [2.45, 2.75) is 95.3 Å². The molecule has 0 bridgehead atoms. The summed E-state index contributed by atoms with van der Waals surface area (Å²) in [6, 6.07) is 0. The third kappa shape index (κ3) is 17.7. The predicted octanol–water partition coefficient (Wildman–Crippen LogP) is -9.12. The van der Waals surface area contributed by atoms with Crippen molar-refractivity contribution in [1.29, 1.82) is 0 Å². The number of aliphatic hydroxyl groups is 7. The minimum absolute atomic E-state index is 0.0154. The summed E-state index contributed by atoms with van der Waals surface area (Å²) in [4.78, 5) is 96.9. The van der Waals surface area contributed by atoms with E-state index in [-0.39, 0.29) is 52.3 Å². The average Bonchev–Trinajstić information content (AvgIpc) is 3.39. The third-order valence-corrected chi connectivity index (χ3v) is 14.7. The number of hydrogen-bond donors (Lipinski definition) is 8. The van der Waals surface area contributed by atoms with Crippen molar-refractivity contribution in [2.24, 2.45) is 0 Å². The van der Waals surface area contributed by atoms with E-state index in [0.29, 0.717) is 91.7 Å². The lowest BCUT2D eigenvalue weighted by Gasteiger charge is -2.36. The molecule has 0 aromatic carbocycles. The highest BCUT2D eigenvalue weighted by molar-refractivity contribution is 4.88.